The van der Waals surface area contributed by atoms with Gasteiger partial charge in [-0.2, -0.15) is 0 Å². The van der Waals surface area contributed by atoms with Crippen molar-refractivity contribution in [2.24, 2.45) is 0 Å². The van der Waals surface area contributed by atoms with E-state index in [-0.39, 0.29) is 0 Å². The summed E-state index contributed by atoms with van der Waals surface area (Å²) in [7, 11) is 0. The van der Waals surface area contributed by atoms with Crippen LogP contribution in [0.15, 0.2) is 24.3 Å². The fourth-order valence-corrected chi connectivity index (χ4v) is 3.44. The first-order chi connectivity index (χ1) is 12.9. The van der Waals surface area contributed by atoms with Gasteiger partial charge in [0, 0.05) is 0 Å². The molecule has 0 saturated heterocycles. The van der Waals surface area contributed by atoms with Crippen LogP contribution >= 0.6 is 0 Å². The van der Waals surface area contributed by atoms with Crippen LogP contribution in [0, 0.1) is 0 Å². The lowest BCUT2D eigenvalue weighted by Gasteiger charge is -2.07. The molecule has 0 atom stereocenters. The molecule has 1 heteroatoms. The molecule has 0 aromatic heterocycles. The molecule has 0 fully saturated rings. The van der Waals surface area contributed by atoms with E-state index in [2.05, 4.69) is 38.1 Å². The van der Waals surface area contributed by atoms with Gasteiger partial charge in [-0.25, -0.2) is 0 Å². The molecule has 0 aliphatic carbocycles. The first kappa shape index (κ1) is 23.1. The van der Waals surface area contributed by atoms with Crippen LogP contribution in [-0.2, 0) is 6.42 Å². The zero-order valence-electron chi connectivity index (χ0n) is 17.7. The van der Waals surface area contributed by atoms with Crippen molar-refractivity contribution in [2.75, 3.05) is 6.61 Å². The van der Waals surface area contributed by atoms with Crippen LogP contribution < -0.4 is 4.74 Å². The highest BCUT2D eigenvalue weighted by atomic mass is 16.5. The smallest absolute Gasteiger partial charge is 0.119 e. The molecule has 1 aromatic rings. The average molecular weight is 361 g/mol. The second kappa shape index (κ2) is 17.4. The fourth-order valence-electron chi connectivity index (χ4n) is 3.44. The van der Waals surface area contributed by atoms with Gasteiger partial charge in [0.25, 0.3) is 0 Å². The van der Waals surface area contributed by atoms with Crippen LogP contribution in [0.3, 0.4) is 0 Å². The minimum atomic E-state index is 0.867. The Morgan fingerprint density at radius 3 is 1.50 bits per heavy atom. The predicted octanol–water partition coefficient (Wildman–Crippen LogP) is 8.50. The Kier molecular flexibility index (Phi) is 15.5. The van der Waals surface area contributed by atoms with Crippen LogP contribution in [-0.4, -0.2) is 6.61 Å². The van der Waals surface area contributed by atoms with E-state index < -0.39 is 0 Å². The van der Waals surface area contributed by atoms with E-state index in [0.717, 1.165) is 12.4 Å². The molecule has 0 spiro atoms. The number of benzene rings is 1. The lowest BCUT2D eigenvalue weighted by atomic mass is 10.0. The highest BCUT2D eigenvalue weighted by Crippen LogP contribution is 2.15. The number of hydrogen-bond donors (Lipinski definition) is 0. The minimum absolute atomic E-state index is 0.867. The number of ether oxygens (including phenoxy) is 1. The summed E-state index contributed by atoms with van der Waals surface area (Å²) in [5.41, 5.74) is 1.43. The van der Waals surface area contributed by atoms with Gasteiger partial charge in [-0.3, -0.25) is 0 Å². The second-order valence-electron chi connectivity index (χ2n) is 7.84. The SMILES string of the molecule is CCCCCCCCCCCCCCCOc1ccc(CCCC)cc1. The normalized spacial score (nSPS) is 11.0. The molecule has 0 bridgehead atoms. The third-order valence-corrected chi connectivity index (χ3v) is 5.26. The van der Waals surface area contributed by atoms with Gasteiger partial charge in [-0.05, 0) is 37.0 Å². The van der Waals surface area contributed by atoms with E-state index in [4.69, 9.17) is 4.74 Å². The van der Waals surface area contributed by atoms with Gasteiger partial charge < -0.3 is 4.74 Å². The first-order valence-electron chi connectivity index (χ1n) is 11.6. The maximum atomic E-state index is 5.87. The number of unbranched alkanes of at least 4 members (excludes halogenated alkanes) is 13. The Morgan fingerprint density at radius 1 is 0.538 bits per heavy atom. The Labute approximate surface area is 163 Å². The summed E-state index contributed by atoms with van der Waals surface area (Å²) in [6, 6.07) is 8.70. The van der Waals surface area contributed by atoms with Crippen molar-refractivity contribution in [3.63, 3.8) is 0 Å². The Morgan fingerprint density at radius 2 is 1.00 bits per heavy atom. The van der Waals surface area contributed by atoms with Crippen molar-refractivity contribution in [3.8, 4) is 5.75 Å². The number of aryl methyl sites for hydroxylation is 1. The monoisotopic (exact) mass is 360 g/mol. The molecule has 0 aliphatic rings. The van der Waals surface area contributed by atoms with Gasteiger partial charge >= 0.3 is 0 Å². The van der Waals surface area contributed by atoms with Gasteiger partial charge in [-0.1, -0.05) is 109 Å². The molecular formula is C25H44O. The standard InChI is InChI=1S/C25H44O/c1-3-5-7-8-9-10-11-12-13-14-15-16-17-23-26-25-21-19-24(20-22-25)18-6-4-2/h19-22H,3-18,23H2,1-2H3. The maximum absolute atomic E-state index is 5.87. The molecule has 1 rings (SSSR count). The second-order valence-corrected chi connectivity index (χ2v) is 7.84. The molecule has 1 nitrogen and oxygen atoms in total. The summed E-state index contributed by atoms with van der Waals surface area (Å²) < 4.78 is 5.87. The Hall–Kier alpha value is -0.980. The zero-order valence-corrected chi connectivity index (χ0v) is 17.7. The summed E-state index contributed by atoms with van der Waals surface area (Å²) in [4.78, 5) is 0. The van der Waals surface area contributed by atoms with E-state index in [0.29, 0.717) is 0 Å². The van der Waals surface area contributed by atoms with Gasteiger partial charge in [0.2, 0.25) is 0 Å². The van der Waals surface area contributed by atoms with Gasteiger partial charge in [0.1, 0.15) is 5.75 Å². The molecule has 1 aromatic carbocycles. The predicted molar refractivity (Wildman–Crippen MR) is 116 cm³/mol. The Bertz CT molecular complexity index is 395. The number of rotatable bonds is 18. The van der Waals surface area contributed by atoms with E-state index in [1.165, 1.54) is 108 Å². The van der Waals surface area contributed by atoms with Gasteiger partial charge in [0.05, 0.1) is 6.61 Å². The van der Waals surface area contributed by atoms with Crippen molar-refractivity contribution in [3.05, 3.63) is 29.8 Å². The van der Waals surface area contributed by atoms with Gasteiger partial charge in [0.15, 0.2) is 0 Å². The van der Waals surface area contributed by atoms with Crippen LogP contribution in [0.4, 0.5) is 0 Å². The maximum Gasteiger partial charge on any atom is 0.119 e. The van der Waals surface area contributed by atoms with E-state index in [9.17, 15) is 0 Å². The topological polar surface area (TPSA) is 9.23 Å². The quantitative estimate of drug-likeness (QED) is 0.238. The molecule has 0 amide bonds. The van der Waals surface area contributed by atoms with Crippen LogP contribution in [0.2, 0.25) is 0 Å². The third kappa shape index (κ3) is 13.3. The summed E-state index contributed by atoms with van der Waals surface area (Å²) in [6.45, 7) is 5.40. The molecule has 0 saturated carbocycles. The average Bonchev–Trinajstić information content (AvgIpc) is 2.67. The van der Waals surface area contributed by atoms with E-state index in [1.807, 2.05) is 0 Å². The van der Waals surface area contributed by atoms with Gasteiger partial charge in [-0.15, -0.1) is 0 Å². The lowest BCUT2D eigenvalue weighted by Crippen LogP contribution is -1.97. The van der Waals surface area contributed by atoms with Crippen molar-refractivity contribution in [1.82, 2.24) is 0 Å². The molecule has 150 valence electrons. The molecule has 0 aliphatic heterocycles. The molecule has 0 heterocycles. The zero-order chi connectivity index (χ0) is 18.7. The van der Waals surface area contributed by atoms with Crippen LogP contribution in [0.1, 0.15) is 116 Å². The van der Waals surface area contributed by atoms with Crippen LogP contribution in [0.25, 0.3) is 0 Å². The summed E-state index contributed by atoms with van der Waals surface area (Å²) in [5.74, 6) is 1.03. The number of hydrogen-bond acceptors (Lipinski definition) is 1. The van der Waals surface area contributed by atoms with E-state index >= 15 is 0 Å². The fraction of sp³-hybridized carbons (Fsp3) is 0.760. The highest BCUT2D eigenvalue weighted by molar-refractivity contribution is 5.27. The third-order valence-electron chi connectivity index (χ3n) is 5.26. The van der Waals surface area contributed by atoms with Crippen molar-refractivity contribution in [2.45, 2.75) is 117 Å². The highest BCUT2D eigenvalue weighted by Gasteiger charge is 1.97. The summed E-state index contributed by atoms with van der Waals surface area (Å²) in [6.07, 6.45) is 21.9. The Balaban J connectivity index is 1.84. The molecule has 0 radical (unpaired) electrons. The minimum Gasteiger partial charge on any atom is -0.494 e. The van der Waals surface area contributed by atoms with Crippen molar-refractivity contribution >= 4 is 0 Å². The first-order valence-corrected chi connectivity index (χ1v) is 11.6. The largest absolute Gasteiger partial charge is 0.494 e. The summed E-state index contributed by atoms with van der Waals surface area (Å²) >= 11 is 0. The van der Waals surface area contributed by atoms with E-state index in [1.54, 1.807) is 0 Å². The molecular weight excluding hydrogens is 316 g/mol. The summed E-state index contributed by atoms with van der Waals surface area (Å²) in [5, 5.41) is 0. The van der Waals surface area contributed by atoms with Crippen molar-refractivity contribution < 1.29 is 4.74 Å². The van der Waals surface area contributed by atoms with Crippen LogP contribution in [0.5, 0.6) is 5.75 Å². The molecule has 26 heavy (non-hydrogen) atoms. The molecule has 0 N–H and O–H groups in total. The van der Waals surface area contributed by atoms with Crippen molar-refractivity contribution in [1.29, 1.82) is 0 Å². The lowest BCUT2D eigenvalue weighted by molar-refractivity contribution is 0.304. The molecule has 0 unspecified atom stereocenters.